The SMILES string of the molecule is CCCC(C)(CO)NC(=O)Nc1c(F)cccc1F. The molecule has 0 aliphatic carbocycles. The number of rotatable bonds is 5. The van der Waals surface area contributed by atoms with Gasteiger partial charge in [-0.2, -0.15) is 0 Å². The molecule has 0 aliphatic heterocycles. The summed E-state index contributed by atoms with van der Waals surface area (Å²) in [6.07, 6.45) is 1.31. The largest absolute Gasteiger partial charge is 0.394 e. The second kappa shape index (κ2) is 6.47. The normalized spacial score (nSPS) is 13.7. The van der Waals surface area contributed by atoms with Gasteiger partial charge in [0.25, 0.3) is 0 Å². The predicted octanol–water partition coefficient (Wildman–Crippen LogP) is 2.64. The molecule has 0 fully saturated rings. The number of urea groups is 1. The van der Waals surface area contributed by atoms with E-state index in [1.807, 2.05) is 6.92 Å². The second-order valence-corrected chi connectivity index (χ2v) is 4.64. The van der Waals surface area contributed by atoms with Gasteiger partial charge < -0.3 is 15.7 Å². The summed E-state index contributed by atoms with van der Waals surface area (Å²) >= 11 is 0. The highest BCUT2D eigenvalue weighted by Crippen LogP contribution is 2.18. The average molecular weight is 272 g/mol. The molecule has 0 aliphatic rings. The molecule has 19 heavy (non-hydrogen) atoms. The first-order valence-electron chi connectivity index (χ1n) is 6.06. The standard InChI is InChI=1S/C13H18F2N2O2/c1-3-7-13(2,8-18)17-12(19)16-11-9(14)5-4-6-10(11)15/h4-6,18H,3,7-8H2,1-2H3,(H2,16,17,19). The van der Waals surface area contributed by atoms with Crippen LogP contribution in [0.4, 0.5) is 19.3 Å². The van der Waals surface area contributed by atoms with Crippen LogP contribution in [0, 0.1) is 11.6 Å². The lowest BCUT2D eigenvalue weighted by molar-refractivity contribution is 0.167. The summed E-state index contributed by atoms with van der Waals surface area (Å²) in [6.45, 7) is 3.31. The zero-order valence-corrected chi connectivity index (χ0v) is 11.0. The summed E-state index contributed by atoms with van der Waals surface area (Å²) in [5.74, 6) is -1.70. The zero-order chi connectivity index (χ0) is 14.5. The van der Waals surface area contributed by atoms with Gasteiger partial charge in [0.1, 0.15) is 17.3 Å². The number of para-hydroxylation sites is 1. The van der Waals surface area contributed by atoms with Crippen LogP contribution in [0.25, 0.3) is 0 Å². The van der Waals surface area contributed by atoms with Crippen molar-refractivity contribution < 1.29 is 18.7 Å². The van der Waals surface area contributed by atoms with Crippen LogP contribution >= 0.6 is 0 Å². The first-order chi connectivity index (χ1) is 8.91. The van der Waals surface area contributed by atoms with Crippen LogP contribution in [0.3, 0.4) is 0 Å². The van der Waals surface area contributed by atoms with Crippen molar-refractivity contribution in [3.63, 3.8) is 0 Å². The molecule has 0 bridgehead atoms. The number of carbonyl (C=O) groups excluding carboxylic acids is 1. The molecule has 1 unspecified atom stereocenters. The first-order valence-corrected chi connectivity index (χ1v) is 6.06. The fraction of sp³-hybridized carbons (Fsp3) is 0.462. The maximum Gasteiger partial charge on any atom is 0.319 e. The van der Waals surface area contributed by atoms with Gasteiger partial charge in [0.15, 0.2) is 0 Å². The van der Waals surface area contributed by atoms with Crippen LogP contribution in [0.15, 0.2) is 18.2 Å². The molecule has 0 heterocycles. The number of nitrogens with one attached hydrogen (secondary N) is 2. The highest BCUT2D eigenvalue weighted by Gasteiger charge is 2.25. The Morgan fingerprint density at radius 3 is 2.42 bits per heavy atom. The monoisotopic (exact) mass is 272 g/mol. The van der Waals surface area contributed by atoms with Gasteiger partial charge in [-0.15, -0.1) is 0 Å². The maximum absolute atomic E-state index is 13.3. The smallest absolute Gasteiger partial charge is 0.319 e. The van der Waals surface area contributed by atoms with Gasteiger partial charge in [0.05, 0.1) is 12.1 Å². The second-order valence-electron chi connectivity index (χ2n) is 4.64. The van der Waals surface area contributed by atoms with E-state index < -0.39 is 28.9 Å². The number of aliphatic hydroxyl groups is 1. The van der Waals surface area contributed by atoms with E-state index in [9.17, 15) is 18.7 Å². The number of aliphatic hydroxyl groups excluding tert-OH is 1. The van der Waals surface area contributed by atoms with Gasteiger partial charge in [-0.05, 0) is 25.5 Å². The Labute approximate surface area is 110 Å². The number of anilines is 1. The van der Waals surface area contributed by atoms with E-state index in [-0.39, 0.29) is 6.61 Å². The lowest BCUT2D eigenvalue weighted by Crippen LogP contribution is -2.50. The Bertz CT molecular complexity index is 434. The Morgan fingerprint density at radius 2 is 1.95 bits per heavy atom. The minimum atomic E-state index is -0.851. The van der Waals surface area contributed by atoms with E-state index in [1.54, 1.807) is 6.92 Å². The third-order valence-electron chi connectivity index (χ3n) is 2.77. The number of hydrogen-bond acceptors (Lipinski definition) is 2. The fourth-order valence-corrected chi connectivity index (χ4v) is 1.77. The van der Waals surface area contributed by atoms with E-state index in [2.05, 4.69) is 10.6 Å². The quantitative estimate of drug-likeness (QED) is 0.771. The summed E-state index contributed by atoms with van der Waals surface area (Å²) in [4.78, 5) is 11.7. The van der Waals surface area contributed by atoms with Crippen molar-refractivity contribution in [1.29, 1.82) is 0 Å². The van der Waals surface area contributed by atoms with Gasteiger partial charge in [0, 0.05) is 0 Å². The summed E-state index contributed by atoms with van der Waals surface area (Å²) in [6, 6.07) is 2.56. The fourth-order valence-electron chi connectivity index (χ4n) is 1.77. The van der Waals surface area contributed by atoms with E-state index in [0.29, 0.717) is 6.42 Å². The predicted molar refractivity (Wildman–Crippen MR) is 68.9 cm³/mol. The molecule has 2 amide bonds. The molecule has 0 radical (unpaired) electrons. The minimum Gasteiger partial charge on any atom is -0.394 e. The van der Waals surface area contributed by atoms with Crippen molar-refractivity contribution in [2.24, 2.45) is 0 Å². The molecule has 3 N–H and O–H groups in total. The summed E-state index contributed by atoms with van der Waals surface area (Å²) < 4.78 is 26.7. The Balaban J connectivity index is 2.75. The van der Waals surface area contributed by atoms with Crippen LogP contribution in [0.2, 0.25) is 0 Å². The van der Waals surface area contributed by atoms with Gasteiger partial charge in [-0.25, -0.2) is 13.6 Å². The molecule has 0 spiro atoms. The van der Waals surface area contributed by atoms with Crippen molar-refractivity contribution in [3.8, 4) is 0 Å². The Morgan fingerprint density at radius 1 is 1.37 bits per heavy atom. The Kier molecular flexibility index (Phi) is 5.23. The molecule has 6 heteroatoms. The van der Waals surface area contributed by atoms with Gasteiger partial charge in [0.2, 0.25) is 0 Å². The molecular formula is C13H18F2N2O2. The van der Waals surface area contributed by atoms with Crippen LogP contribution in [0.1, 0.15) is 26.7 Å². The van der Waals surface area contributed by atoms with Crippen LogP contribution in [-0.2, 0) is 0 Å². The van der Waals surface area contributed by atoms with Crippen molar-refractivity contribution in [2.45, 2.75) is 32.2 Å². The third-order valence-corrected chi connectivity index (χ3v) is 2.77. The molecule has 1 aromatic carbocycles. The van der Waals surface area contributed by atoms with E-state index in [1.165, 1.54) is 6.07 Å². The van der Waals surface area contributed by atoms with E-state index in [4.69, 9.17) is 0 Å². The summed E-state index contributed by atoms with van der Waals surface area (Å²) in [5, 5.41) is 13.9. The lowest BCUT2D eigenvalue weighted by atomic mass is 9.98. The molecule has 1 rings (SSSR count). The van der Waals surface area contributed by atoms with E-state index >= 15 is 0 Å². The molecule has 0 aromatic heterocycles. The molecule has 1 atom stereocenters. The summed E-state index contributed by atoms with van der Waals surface area (Å²) in [7, 11) is 0. The number of amides is 2. The van der Waals surface area contributed by atoms with Crippen LogP contribution in [0.5, 0.6) is 0 Å². The minimum absolute atomic E-state index is 0.256. The number of halogens is 2. The lowest BCUT2D eigenvalue weighted by Gasteiger charge is -2.28. The van der Waals surface area contributed by atoms with Crippen molar-refractivity contribution in [1.82, 2.24) is 5.32 Å². The van der Waals surface area contributed by atoms with Gasteiger partial charge in [-0.1, -0.05) is 19.4 Å². The Hall–Kier alpha value is -1.69. The number of benzene rings is 1. The number of hydrogen-bond donors (Lipinski definition) is 3. The molecule has 0 saturated carbocycles. The van der Waals surface area contributed by atoms with Crippen molar-refractivity contribution in [3.05, 3.63) is 29.8 Å². The molecule has 1 aromatic rings. The van der Waals surface area contributed by atoms with Gasteiger partial charge >= 0.3 is 6.03 Å². The van der Waals surface area contributed by atoms with Crippen LogP contribution in [-0.4, -0.2) is 23.3 Å². The molecule has 0 saturated heterocycles. The van der Waals surface area contributed by atoms with Gasteiger partial charge in [-0.3, -0.25) is 0 Å². The molecule has 106 valence electrons. The van der Waals surface area contributed by atoms with Crippen molar-refractivity contribution >= 4 is 11.7 Å². The number of carbonyl (C=O) groups is 1. The summed E-state index contributed by atoms with van der Waals surface area (Å²) in [5.41, 5.74) is -1.32. The highest BCUT2D eigenvalue weighted by molar-refractivity contribution is 5.90. The topological polar surface area (TPSA) is 61.4 Å². The zero-order valence-electron chi connectivity index (χ0n) is 11.0. The third kappa shape index (κ3) is 4.17. The highest BCUT2D eigenvalue weighted by atomic mass is 19.1. The van der Waals surface area contributed by atoms with Crippen molar-refractivity contribution in [2.75, 3.05) is 11.9 Å². The average Bonchev–Trinajstić information content (AvgIpc) is 2.34. The van der Waals surface area contributed by atoms with Crippen LogP contribution < -0.4 is 10.6 Å². The first kappa shape index (κ1) is 15.4. The molecule has 4 nitrogen and oxygen atoms in total. The molecular weight excluding hydrogens is 254 g/mol. The maximum atomic E-state index is 13.3. The van der Waals surface area contributed by atoms with E-state index in [0.717, 1.165) is 18.6 Å².